The van der Waals surface area contributed by atoms with Crippen LogP contribution in [-0.2, 0) is 0 Å². The second-order valence-corrected chi connectivity index (χ2v) is 7.61. The SMILES string of the molecule is Cc1ccc(Cl)cc1-c1ccc(/C=N\NC(=O)c2cc3c(ccc4ccccc43)o2)o1. The number of aryl methyl sites for hydroxylation is 1. The van der Waals surface area contributed by atoms with Crippen molar-refractivity contribution < 1.29 is 13.6 Å². The number of hydrogen-bond donors (Lipinski definition) is 1. The fourth-order valence-electron chi connectivity index (χ4n) is 3.54. The van der Waals surface area contributed by atoms with Crippen LogP contribution in [0.3, 0.4) is 0 Å². The monoisotopic (exact) mass is 428 g/mol. The van der Waals surface area contributed by atoms with Gasteiger partial charge < -0.3 is 8.83 Å². The maximum atomic E-state index is 12.5. The molecular formula is C25H17ClN2O3. The lowest BCUT2D eigenvalue weighted by Crippen LogP contribution is -2.16. The minimum atomic E-state index is -0.436. The Morgan fingerprint density at radius 2 is 1.84 bits per heavy atom. The van der Waals surface area contributed by atoms with E-state index < -0.39 is 5.91 Å². The largest absolute Gasteiger partial charge is 0.455 e. The van der Waals surface area contributed by atoms with E-state index in [9.17, 15) is 4.79 Å². The Kier molecular flexibility index (Phi) is 4.81. The van der Waals surface area contributed by atoms with E-state index in [1.54, 1.807) is 12.1 Å². The minimum absolute atomic E-state index is 0.193. The number of carbonyl (C=O) groups is 1. The molecule has 0 saturated carbocycles. The third-order valence-electron chi connectivity index (χ3n) is 5.10. The average Bonchev–Trinajstić information content (AvgIpc) is 3.43. The average molecular weight is 429 g/mol. The number of amides is 1. The number of halogens is 1. The fraction of sp³-hybridized carbons (Fsp3) is 0.0400. The highest BCUT2D eigenvalue weighted by Gasteiger charge is 2.13. The van der Waals surface area contributed by atoms with Gasteiger partial charge in [-0.1, -0.05) is 48.0 Å². The van der Waals surface area contributed by atoms with E-state index in [-0.39, 0.29) is 5.76 Å². The Hall–Kier alpha value is -3.83. The normalized spacial score (nSPS) is 11.5. The maximum Gasteiger partial charge on any atom is 0.307 e. The zero-order chi connectivity index (χ0) is 21.4. The first kappa shape index (κ1) is 19.2. The van der Waals surface area contributed by atoms with Gasteiger partial charge in [0.2, 0.25) is 0 Å². The number of hydrazone groups is 1. The molecule has 152 valence electrons. The van der Waals surface area contributed by atoms with Gasteiger partial charge in [-0.15, -0.1) is 0 Å². The van der Waals surface area contributed by atoms with E-state index in [1.807, 2.05) is 67.6 Å². The summed E-state index contributed by atoms with van der Waals surface area (Å²) in [6, 6.07) is 22.8. The number of rotatable bonds is 4. The van der Waals surface area contributed by atoms with Gasteiger partial charge in [-0.2, -0.15) is 5.10 Å². The highest BCUT2D eigenvalue weighted by atomic mass is 35.5. The molecule has 3 aromatic carbocycles. The van der Waals surface area contributed by atoms with Crippen molar-refractivity contribution in [2.45, 2.75) is 6.92 Å². The Labute approximate surface area is 182 Å². The topological polar surface area (TPSA) is 67.7 Å². The molecule has 2 heterocycles. The van der Waals surface area contributed by atoms with Crippen LogP contribution in [0.15, 0.2) is 86.7 Å². The van der Waals surface area contributed by atoms with Gasteiger partial charge in [0, 0.05) is 16.0 Å². The predicted octanol–water partition coefficient (Wildman–Crippen LogP) is 6.57. The molecule has 1 amide bonds. The molecule has 5 nitrogen and oxygen atoms in total. The molecule has 0 atom stereocenters. The van der Waals surface area contributed by atoms with Crippen LogP contribution in [0.1, 0.15) is 21.9 Å². The van der Waals surface area contributed by atoms with Crippen molar-refractivity contribution in [2.24, 2.45) is 5.10 Å². The van der Waals surface area contributed by atoms with Gasteiger partial charge in [0.15, 0.2) is 5.76 Å². The summed E-state index contributed by atoms with van der Waals surface area (Å²) in [6.45, 7) is 1.98. The van der Waals surface area contributed by atoms with Crippen LogP contribution in [0.25, 0.3) is 33.1 Å². The molecule has 0 radical (unpaired) electrons. The first-order valence-corrected chi connectivity index (χ1v) is 10.1. The maximum absolute atomic E-state index is 12.5. The van der Waals surface area contributed by atoms with E-state index in [4.69, 9.17) is 20.4 Å². The van der Waals surface area contributed by atoms with Gasteiger partial charge in [0.1, 0.15) is 17.1 Å². The molecule has 1 N–H and O–H groups in total. The van der Waals surface area contributed by atoms with Crippen LogP contribution in [0.2, 0.25) is 5.02 Å². The molecule has 0 unspecified atom stereocenters. The molecule has 0 aliphatic heterocycles. The molecule has 31 heavy (non-hydrogen) atoms. The second kappa shape index (κ2) is 7.78. The van der Waals surface area contributed by atoms with E-state index in [0.717, 1.165) is 27.3 Å². The van der Waals surface area contributed by atoms with Crippen LogP contribution < -0.4 is 5.43 Å². The minimum Gasteiger partial charge on any atom is -0.455 e. The summed E-state index contributed by atoms with van der Waals surface area (Å²) in [5, 5.41) is 7.64. The van der Waals surface area contributed by atoms with E-state index in [1.165, 1.54) is 6.21 Å². The van der Waals surface area contributed by atoms with Crippen molar-refractivity contribution in [2.75, 3.05) is 0 Å². The number of hydrogen-bond acceptors (Lipinski definition) is 4. The zero-order valence-corrected chi connectivity index (χ0v) is 17.3. The third-order valence-corrected chi connectivity index (χ3v) is 5.33. The third kappa shape index (κ3) is 3.71. The first-order chi connectivity index (χ1) is 15.1. The summed E-state index contributed by atoms with van der Waals surface area (Å²) >= 11 is 6.09. The van der Waals surface area contributed by atoms with Crippen LogP contribution in [0, 0.1) is 6.92 Å². The number of benzene rings is 3. The molecule has 0 spiro atoms. The fourth-order valence-corrected chi connectivity index (χ4v) is 3.71. The molecule has 0 aliphatic rings. The Bertz CT molecular complexity index is 1460. The number of carbonyl (C=O) groups excluding carboxylic acids is 1. The van der Waals surface area contributed by atoms with Crippen molar-refractivity contribution >= 4 is 45.5 Å². The highest BCUT2D eigenvalue weighted by molar-refractivity contribution is 6.30. The van der Waals surface area contributed by atoms with Crippen LogP contribution >= 0.6 is 11.6 Å². The first-order valence-electron chi connectivity index (χ1n) is 9.69. The van der Waals surface area contributed by atoms with E-state index in [0.29, 0.717) is 22.1 Å². The smallest absolute Gasteiger partial charge is 0.307 e. The lowest BCUT2D eigenvalue weighted by Gasteiger charge is -2.02. The Morgan fingerprint density at radius 1 is 0.968 bits per heavy atom. The van der Waals surface area contributed by atoms with Crippen molar-refractivity contribution in [3.05, 3.63) is 94.9 Å². The number of nitrogens with one attached hydrogen (secondary N) is 1. The van der Waals surface area contributed by atoms with Crippen molar-refractivity contribution in [3.8, 4) is 11.3 Å². The quantitative estimate of drug-likeness (QED) is 0.260. The van der Waals surface area contributed by atoms with Gasteiger partial charge in [0.05, 0.1) is 6.21 Å². The molecule has 5 rings (SSSR count). The molecule has 2 aromatic heterocycles. The lowest BCUT2D eigenvalue weighted by molar-refractivity contribution is 0.0929. The van der Waals surface area contributed by atoms with Crippen molar-refractivity contribution in [1.29, 1.82) is 0 Å². The van der Waals surface area contributed by atoms with Crippen molar-refractivity contribution in [1.82, 2.24) is 5.43 Å². The van der Waals surface area contributed by atoms with Gasteiger partial charge in [-0.3, -0.25) is 4.79 Å². The summed E-state index contributed by atoms with van der Waals surface area (Å²) in [5.41, 5.74) is 5.09. The van der Waals surface area contributed by atoms with Gasteiger partial charge in [0.25, 0.3) is 0 Å². The lowest BCUT2D eigenvalue weighted by atomic mass is 10.1. The standard InChI is InChI=1S/C25H17ClN2O3/c1-15-6-8-17(26)12-20(15)22-11-9-18(30-22)14-27-28-25(29)24-13-21-19-5-3-2-4-16(19)7-10-23(21)31-24/h2-14H,1H3,(H,28,29)/b27-14-. The summed E-state index contributed by atoms with van der Waals surface area (Å²) < 4.78 is 11.5. The molecule has 5 aromatic rings. The Morgan fingerprint density at radius 3 is 2.74 bits per heavy atom. The van der Waals surface area contributed by atoms with E-state index in [2.05, 4.69) is 10.5 Å². The summed E-state index contributed by atoms with van der Waals surface area (Å²) in [6.07, 6.45) is 1.44. The van der Waals surface area contributed by atoms with Crippen LogP contribution in [0.5, 0.6) is 0 Å². The summed E-state index contributed by atoms with van der Waals surface area (Å²) in [7, 11) is 0. The number of furan rings is 2. The molecule has 0 fully saturated rings. The number of fused-ring (bicyclic) bond motifs is 3. The van der Waals surface area contributed by atoms with Gasteiger partial charge in [-0.25, -0.2) is 5.43 Å². The van der Waals surface area contributed by atoms with Gasteiger partial charge in [-0.05, 0) is 59.7 Å². The molecular weight excluding hydrogens is 412 g/mol. The predicted molar refractivity (Wildman–Crippen MR) is 123 cm³/mol. The molecule has 0 bridgehead atoms. The van der Waals surface area contributed by atoms with Gasteiger partial charge >= 0.3 is 5.91 Å². The second-order valence-electron chi connectivity index (χ2n) is 7.17. The van der Waals surface area contributed by atoms with Crippen LogP contribution in [0.4, 0.5) is 0 Å². The zero-order valence-electron chi connectivity index (χ0n) is 16.6. The van der Waals surface area contributed by atoms with Crippen LogP contribution in [-0.4, -0.2) is 12.1 Å². The number of nitrogens with zero attached hydrogens (tertiary/aromatic N) is 1. The molecule has 0 aliphatic carbocycles. The van der Waals surface area contributed by atoms with Crippen molar-refractivity contribution in [3.63, 3.8) is 0 Å². The molecule has 6 heteroatoms. The molecule has 0 saturated heterocycles. The summed E-state index contributed by atoms with van der Waals surface area (Å²) in [4.78, 5) is 12.5. The Balaban J connectivity index is 1.33. The van der Waals surface area contributed by atoms with E-state index >= 15 is 0 Å². The highest BCUT2D eigenvalue weighted by Crippen LogP contribution is 2.29. The summed E-state index contributed by atoms with van der Waals surface area (Å²) in [5.74, 6) is 0.939.